The lowest BCUT2D eigenvalue weighted by Gasteiger charge is -2.57. The number of aromatic nitrogens is 8. The summed E-state index contributed by atoms with van der Waals surface area (Å²) in [4.78, 5) is 40.9. The Labute approximate surface area is 505 Å². The molecule has 22 aliphatic rings. The van der Waals surface area contributed by atoms with Crippen LogP contribution in [-0.4, -0.2) is 63.0 Å². The second-order valence-electron chi connectivity index (χ2n) is 31.9. The first-order chi connectivity index (χ1) is 43.1. The Morgan fingerprint density at radius 3 is 0.614 bits per heavy atom. The molecule has 16 aliphatic carbocycles. The van der Waals surface area contributed by atoms with E-state index in [0.717, 1.165) is 240 Å². The van der Waals surface area contributed by atoms with Crippen LogP contribution in [0.25, 0.3) is 89.7 Å². The number of nitrogens with one attached hydrogen (secondary N) is 2. The Kier molecular flexibility index (Phi) is 8.01. The largest absolute Gasteiger partial charge is 0.448 e. The summed E-state index contributed by atoms with van der Waals surface area (Å²) in [7, 11) is 0. The molecule has 24 bridgehead atoms. The van der Waals surface area contributed by atoms with Crippen molar-refractivity contribution in [1.29, 1.82) is 0 Å². The first-order valence-electron chi connectivity index (χ1n) is 34.2. The predicted octanol–water partition coefficient (Wildman–Crippen LogP) is 14.6. The number of fused-ring (bicyclic) bond motifs is 24. The van der Waals surface area contributed by atoms with Crippen LogP contribution in [0.2, 0.25) is 0 Å². The molecule has 16 fully saturated rings. The van der Waals surface area contributed by atoms with Gasteiger partial charge in [-0.15, -0.1) is 0 Å². The van der Waals surface area contributed by atoms with E-state index < -0.39 is 23.1 Å². The number of nitrogens with zero attached hydrogens (tertiary/aromatic N) is 6. The lowest BCUT2D eigenvalue weighted by atomic mass is 9.53. The quantitative estimate of drug-likeness (QED) is 0.146. The van der Waals surface area contributed by atoms with Crippen LogP contribution < -0.4 is 37.9 Å². The number of benzene rings is 4. The number of hydrogen-bond donors (Lipinski definition) is 2. The van der Waals surface area contributed by atoms with Crippen LogP contribution in [0.15, 0.2) is 48.5 Å². The Morgan fingerprint density at radius 2 is 0.420 bits per heavy atom. The van der Waals surface area contributed by atoms with Gasteiger partial charge in [0, 0.05) is 91.1 Å². The highest BCUT2D eigenvalue weighted by Crippen LogP contribution is 2.68. The smallest absolute Gasteiger partial charge is 0.257 e. The van der Waals surface area contributed by atoms with E-state index in [9.17, 15) is 0 Å². The van der Waals surface area contributed by atoms with Gasteiger partial charge in [-0.1, -0.05) is 0 Å². The van der Waals surface area contributed by atoms with Gasteiger partial charge in [0.25, 0.3) is 23.1 Å². The maximum atomic E-state index is 7.27. The highest BCUT2D eigenvalue weighted by Gasteiger charge is 2.68. The average molecular weight is 1170 g/mol. The number of rotatable bonds is 0. The number of aromatic amines is 2. The Balaban J connectivity index is 0.725. The maximum absolute atomic E-state index is 7.27. The Morgan fingerprint density at radius 1 is 0.239 bits per heavy atom. The van der Waals surface area contributed by atoms with Crippen LogP contribution in [-0.2, 0) is 0 Å². The van der Waals surface area contributed by atoms with Crippen molar-refractivity contribution in [3.8, 4) is 91.5 Å². The average Bonchev–Trinajstić information content (AvgIpc) is 1.54. The molecule has 88 heavy (non-hydrogen) atoms. The first kappa shape index (κ1) is 46.7. The zero-order valence-electron chi connectivity index (χ0n) is 48.9. The van der Waals surface area contributed by atoms with E-state index >= 15 is 0 Å². The molecule has 0 amide bonds. The van der Waals surface area contributed by atoms with Crippen molar-refractivity contribution in [2.24, 2.45) is 94.7 Å². The molecule has 4 aromatic carbocycles. The minimum atomic E-state index is -0.664. The van der Waals surface area contributed by atoms with Gasteiger partial charge in [0.15, 0.2) is 69.3 Å². The molecule has 0 radical (unpaired) electrons. The van der Waals surface area contributed by atoms with E-state index in [1.807, 2.05) is 0 Å². The molecule has 0 atom stereocenters. The van der Waals surface area contributed by atoms with Crippen LogP contribution in [0.1, 0.15) is 128 Å². The van der Waals surface area contributed by atoms with Gasteiger partial charge in [-0.3, -0.25) is 0 Å². The molecule has 0 unspecified atom stereocenters. The molecule has 0 saturated heterocycles. The summed E-state index contributed by atoms with van der Waals surface area (Å²) < 4.78 is 58.1. The summed E-state index contributed by atoms with van der Waals surface area (Å²) in [5.41, 5.74) is 5.68. The minimum Gasteiger partial charge on any atom is -0.448 e. The van der Waals surface area contributed by atoms with Crippen molar-refractivity contribution < 1.29 is 37.9 Å². The van der Waals surface area contributed by atoms with E-state index in [-0.39, 0.29) is 0 Å². The second-order valence-corrected chi connectivity index (χ2v) is 31.9. The summed E-state index contributed by atoms with van der Waals surface area (Å²) in [6.07, 6.45) is 23.9. The van der Waals surface area contributed by atoms with Crippen LogP contribution in [0, 0.1) is 94.7 Å². The second kappa shape index (κ2) is 15.1. The minimum absolute atomic E-state index is 0.357. The third kappa shape index (κ3) is 5.69. The SMILES string of the molecule is c1c2c(cc3c1-c1nc-3nc3[nH]c(nc4nc(nc5[nH]c(n1)c1cc6c(cc51)OC1(O6)C5CC6CC(C5)CC1C6)-c1cc5c(cc1-4)OC1(O5)C4CC5CC(C4)CC1C5)c1cc4c(cc31)OC1(O4)C3CC4CC(C3)CC1C4)OC1(O2)C2CC3CC(C2)CC1C3. The fourth-order valence-electron chi connectivity index (χ4n) is 24.6. The van der Waals surface area contributed by atoms with Gasteiger partial charge in [0.05, 0.1) is 0 Å². The van der Waals surface area contributed by atoms with Gasteiger partial charge in [-0.05, 0) is 224 Å². The normalized spacial score (nSPS) is 41.6. The molecule has 2 N–H and O–H groups in total. The van der Waals surface area contributed by atoms with Crippen molar-refractivity contribution in [3.63, 3.8) is 0 Å². The molecule has 6 aliphatic heterocycles. The fourth-order valence-corrected chi connectivity index (χ4v) is 24.6. The van der Waals surface area contributed by atoms with Crippen LogP contribution in [0.5, 0.6) is 46.0 Å². The lowest BCUT2D eigenvalue weighted by molar-refractivity contribution is -0.241. The van der Waals surface area contributed by atoms with E-state index in [1.165, 1.54) is 25.7 Å². The summed E-state index contributed by atoms with van der Waals surface area (Å²) >= 11 is 0. The number of ether oxygens (including phenoxy) is 8. The van der Waals surface area contributed by atoms with Gasteiger partial charge in [0.2, 0.25) is 0 Å². The summed E-state index contributed by atoms with van der Waals surface area (Å²) in [5.74, 6) is 14.3. The van der Waals surface area contributed by atoms with Crippen molar-refractivity contribution in [1.82, 2.24) is 39.9 Å². The highest BCUT2D eigenvalue weighted by atomic mass is 16.8. The van der Waals surface area contributed by atoms with E-state index in [1.54, 1.807) is 0 Å². The van der Waals surface area contributed by atoms with Crippen molar-refractivity contribution >= 4 is 44.1 Å². The monoisotopic (exact) mass is 1170 g/mol. The third-order valence-electron chi connectivity index (χ3n) is 27.3. The molecule has 4 spiro atoms. The first-order valence-corrected chi connectivity index (χ1v) is 34.2. The van der Waals surface area contributed by atoms with Crippen LogP contribution >= 0.6 is 0 Å². The molecule has 16 heteroatoms. The van der Waals surface area contributed by atoms with Crippen molar-refractivity contribution in [2.45, 2.75) is 152 Å². The Bertz CT molecular complexity index is 4060. The van der Waals surface area contributed by atoms with Gasteiger partial charge in [-0.2, -0.15) is 0 Å². The number of hydrogen-bond acceptors (Lipinski definition) is 14. The van der Waals surface area contributed by atoms with Gasteiger partial charge >= 0.3 is 0 Å². The standard InChI is InChI=1S/C72H66N8O8/c1-29-5-37-7-30(1)8-38(6-29)69(37)81-53-21-45-46(22-54(53)82-69)62-73-61(45)77-63-47-23-55-57(85-70(83-55)39-9-31-2-32(11-39)12-40(70)10-31)25-49(47)65(74-63)79-67-51-27-59-60(88-72(87-59)43-17-35-4-36(19-43)20-44(72)18-35)28-52(51)68(76-67)80-66-50-26-58-56(24-48(50)64(75-66)78-62)84-71(86-58)41-13-33-3-34(15-41)16-42(71)14-33/h21-44H,1-20H2,(H2,73,74,75,76,77,78,79,80). The number of H-pyrrole nitrogens is 2. The Hall–Kier alpha value is -7.36. The van der Waals surface area contributed by atoms with E-state index in [2.05, 4.69) is 58.5 Å². The molecule has 16 saturated carbocycles. The highest BCUT2D eigenvalue weighted by molar-refractivity contribution is 6.08. The molecular weight excluding hydrogens is 1100 g/mol. The van der Waals surface area contributed by atoms with Crippen LogP contribution in [0.3, 0.4) is 0 Å². The molecular formula is C72H66N8O8. The molecule has 3 aromatic heterocycles. The lowest BCUT2D eigenvalue weighted by Crippen LogP contribution is -2.62. The van der Waals surface area contributed by atoms with Gasteiger partial charge < -0.3 is 47.9 Å². The molecule has 442 valence electrons. The van der Waals surface area contributed by atoms with Gasteiger partial charge in [0.1, 0.15) is 22.6 Å². The van der Waals surface area contributed by atoms with Crippen molar-refractivity contribution in [3.05, 3.63) is 48.5 Å². The van der Waals surface area contributed by atoms with E-state index in [0.29, 0.717) is 93.2 Å². The zero-order chi connectivity index (χ0) is 56.2. The van der Waals surface area contributed by atoms with Crippen molar-refractivity contribution in [2.75, 3.05) is 0 Å². The molecule has 9 heterocycles. The topological polar surface area (TPSA) is 183 Å². The summed E-state index contributed by atoms with van der Waals surface area (Å²) in [5, 5.41) is 3.40. The van der Waals surface area contributed by atoms with Crippen LogP contribution in [0.4, 0.5) is 0 Å². The summed E-state index contributed by atoms with van der Waals surface area (Å²) in [6, 6.07) is 17.0. The third-order valence-corrected chi connectivity index (χ3v) is 27.3. The predicted molar refractivity (Wildman–Crippen MR) is 320 cm³/mol. The zero-order valence-corrected chi connectivity index (χ0v) is 48.9. The van der Waals surface area contributed by atoms with E-state index in [4.69, 9.17) is 67.8 Å². The fraction of sp³-hybridized carbons (Fsp3) is 0.556. The molecule has 16 nitrogen and oxygen atoms in total. The summed E-state index contributed by atoms with van der Waals surface area (Å²) in [6.45, 7) is 0. The molecule has 7 aromatic rings. The van der Waals surface area contributed by atoms with Gasteiger partial charge in [-0.25, -0.2) is 29.9 Å². The molecule has 29 rings (SSSR count). The maximum Gasteiger partial charge on any atom is 0.257 e.